The van der Waals surface area contributed by atoms with Crippen molar-refractivity contribution >= 4 is 5.91 Å². The molecule has 98 valence electrons. The van der Waals surface area contributed by atoms with Gasteiger partial charge in [-0.3, -0.25) is 4.79 Å². The molecule has 0 aromatic carbocycles. The third-order valence-corrected chi connectivity index (χ3v) is 3.53. The Morgan fingerprint density at radius 3 is 2.88 bits per heavy atom. The van der Waals surface area contributed by atoms with Gasteiger partial charge in [-0.25, -0.2) is 0 Å². The van der Waals surface area contributed by atoms with E-state index in [-0.39, 0.29) is 18.1 Å². The highest BCUT2D eigenvalue weighted by Gasteiger charge is 2.33. The number of ether oxygens (including phenoxy) is 1. The second-order valence-corrected chi connectivity index (χ2v) is 5.44. The minimum Gasteiger partial charge on any atom is -0.376 e. The van der Waals surface area contributed by atoms with E-state index in [9.17, 15) is 4.79 Å². The summed E-state index contributed by atoms with van der Waals surface area (Å²) in [6, 6.07) is 0.397. The summed E-state index contributed by atoms with van der Waals surface area (Å²) in [6.45, 7) is 6.69. The Bertz CT molecular complexity index is 262. The van der Waals surface area contributed by atoms with Crippen LogP contribution in [0.25, 0.3) is 0 Å². The van der Waals surface area contributed by atoms with E-state index in [4.69, 9.17) is 4.74 Å². The lowest BCUT2D eigenvalue weighted by atomic mass is 10.1. The molecule has 0 radical (unpaired) electrons. The normalized spacial score (nSPS) is 30.3. The average molecular weight is 240 g/mol. The molecule has 0 aliphatic carbocycles. The maximum atomic E-state index is 12.1. The van der Waals surface area contributed by atoms with Crippen molar-refractivity contribution in [2.45, 2.75) is 57.7 Å². The number of hydrogen-bond acceptors (Lipinski definition) is 3. The van der Waals surface area contributed by atoms with Gasteiger partial charge in [-0.1, -0.05) is 13.8 Å². The monoisotopic (exact) mass is 240 g/mol. The largest absolute Gasteiger partial charge is 0.376 e. The molecule has 1 N–H and O–H groups in total. The Kier molecular flexibility index (Phi) is 4.40. The predicted molar refractivity (Wildman–Crippen MR) is 66.8 cm³/mol. The summed E-state index contributed by atoms with van der Waals surface area (Å²) in [5.74, 6) is 0.257. The zero-order valence-corrected chi connectivity index (χ0v) is 10.9. The first kappa shape index (κ1) is 12.8. The van der Waals surface area contributed by atoms with Gasteiger partial charge in [0.2, 0.25) is 5.91 Å². The fourth-order valence-corrected chi connectivity index (χ4v) is 2.67. The maximum absolute atomic E-state index is 12.1. The van der Waals surface area contributed by atoms with Gasteiger partial charge in [-0.05, 0) is 25.7 Å². The zero-order valence-electron chi connectivity index (χ0n) is 10.9. The Hall–Kier alpha value is -0.610. The molecule has 0 saturated carbocycles. The number of amides is 1. The van der Waals surface area contributed by atoms with Gasteiger partial charge in [0.25, 0.3) is 0 Å². The van der Waals surface area contributed by atoms with E-state index in [1.54, 1.807) is 0 Å². The smallest absolute Gasteiger partial charge is 0.239 e. The predicted octanol–water partition coefficient (Wildman–Crippen LogP) is 1.15. The standard InChI is InChI=1S/C13H24N2O2/c1-10(2)14-12-6-7-15(13(12)16)9-11-5-3-4-8-17-11/h10-12,14H,3-9H2,1-2H3. The molecule has 0 aromatic heterocycles. The van der Waals surface area contributed by atoms with Gasteiger partial charge >= 0.3 is 0 Å². The first-order chi connectivity index (χ1) is 8.16. The Morgan fingerprint density at radius 2 is 2.24 bits per heavy atom. The van der Waals surface area contributed by atoms with Gasteiger partial charge in [-0.15, -0.1) is 0 Å². The third kappa shape index (κ3) is 3.42. The highest BCUT2D eigenvalue weighted by Crippen LogP contribution is 2.18. The van der Waals surface area contributed by atoms with Crippen LogP contribution in [-0.2, 0) is 9.53 Å². The van der Waals surface area contributed by atoms with Gasteiger partial charge in [0.1, 0.15) is 0 Å². The summed E-state index contributed by atoms with van der Waals surface area (Å²) in [5, 5.41) is 3.33. The van der Waals surface area contributed by atoms with Crippen molar-refractivity contribution in [2.24, 2.45) is 0 Å². The van der Waals surface area contributed by atoms with E-state index >= 15 is 0 Å². The topological polar surface area (TPSA) is 41.6 Å². The van der Waals surface area contributed by atoms with Crippen molar-refractivity contribution in [2.75, 3.05) is 19.7 Å². The van der Waals surface area contributed by atoms with E-state index < -0.39 is 0 Å². The molecular formula is C13H24N2O2. The molecule has 2 fully saturated rings. The van der Waals surface area contributed by atoms with Gasteiger partial charge in [0.05, 0.1) is 12.1 Å². The fourth-order valence-electron chi connectivity index (χ4n) is 2.67. The van der Waals surface area contributed by atoms with Crippen LogP contribution in [0.2, 0.25) is 0 Å². The zero-order chi connectivity index (χ0) is 12.3. The molecule has 0 aromatic rings. The van der Waals surface area contributed by atoms with Crippen LogP contribution < -0.4 is 5.32 Å². The van der Waals surface area contributed by atoms with Crippen molar-refractivity contribution in [3.63, 3.8) is 0 Å². The maximum Gasteiger partial charge on any atom is 0.239 e. The minimum atomic E-state index is 0.0265. The highest BCUT2D eigenvalue weighted by atomic mass is 16.5. The van der Waals surface area contributed by atoms with E-state index in [1.165, 1.54) is 12.8 Å². The van der Waals surface area contributed by atoms with E-state index in [1.807, 2.05) is 4.90 Å². The number of carbonyl (C=O) groups is 1. The number of rotatable bonds is 4. The number of carbonyl (C=O) groups excluding carboxylic acids is 1. The van der Waals surface area contributed by atoms with Gasteiger partial charge in [-0.2, -0.15) is 0 Å². The van der Waals surface area contributed by atoms with Gasteiger partial charge in [0.15, 0.2) is 0 Å². The third-order valence-electron chi connectivity index (χ3n) is 3.53. The number of nitrogens with zero attached hydrogens (tertiary/aromatic N) is 1. The van der Waals surface area contributed by atoms with E-state index in [0.717, 1.165) is 32.5 Å². The molecule has 2 rings (SSSR count). The van der Waals surface area contributed by atoms with Crippen LogP contribution in [0.3, 0.4) is 0 Å². The molecule has 0 spiro atoms. The van der Waals surface area contributed by atoms with Crippen molar-refractivity contribution < 1.29 is 9.53 Å². The molecule has 2 atom stereocenters. The van der Waals surface area contributed by atoms with Crippen LogP contribution in [0.4, 0.5) is 0 Å². The lowest BCUT2D eigenvalue weighted by Gasteiger charge is -2.27. The summed E-state index contributed by atoms with van der Waals surface area (Å²) in [7, 11) is 0. The first-order valence-electron chi connectivity index (χ1n) is 6.83. The summed E-state index contributed by atoms with van der Waals surface area (Å²) >= 11 is 0. The van der Waals surface area contributed by atoms with Crippen LogP contribution in [0.15, 0.2) is 0 Å². The quantitative estimate of drug-likeness (QED) is 0.801. The van der Waals surface area contributed by atoms with Crippen LogP contribution in [0, 0.1) is 0 Å². The number of likely N-dealkylation sites (tertiary alicyclic amines) is 1. The van der Waals surface area contributed by atoms with Crippen molar-refractivity contribution in [1.82, 2.24) is 10.2 Å². The Labute approximate surface area is 104 Å². The summed E-state index contributed by atoms with van der Waals surface area (Å²) in [4.78, 5) is 14.1. The summed E-state index contributed by atoms with van der Waals surface area (Å²) in [5.41, 5.74) is 0. The molecule has 1 amide bonds. The van der Waals surface area contributed by atoms with Crippen molar-refractivity contribution in [3.05, 3.63) is 0 Å². The second-order valence-electron chi connectivity index (χ2n) is 5.44. The highest BCUT2D eigenvalue weighted by molar-refractivity contribution is 5.84. The van der Waals surface area contributed by atoms with Crippen LogP contribution in [0.1, 0.15) is 39.5 Å². The molecule has 4 heteroatoms. The van der Waals surface area contributed by atoms with Gasteiger partial charge in [0, 0.05) is 25.7 Å². The van der Waals surface area contributed by atoms with Crippen molar-refractivity contribution in [3.8, 4) is 0 Å². The van der Waals surface area contributed by atoms with Crippen LogP contribution >= 0.6 is 0 Å². The van der Waals surface area contributed by atoms with Crippen molar-refractivity contribution in [1.29, 1.82) is 0 Å². The molecule has 2 unspecified atom stereocenters. The Balaban J connectivity index is 1.80. The SMILES string of the molecule is CC(C)NC1CCN(CC2CCCCO2)C1=O. The molecule has 2 aliphatic rings. The number of hydrogen-bond donors (Lipinski definition) is 1. The van der Waals surface area contributed by atoms with E-state index in [2.05, 4.69) is 19.2 Å². The lowest BCUT2D eigenvalue weighted by molar-refractivity contribution is -0.131. The number of nitrogens with one attached hydrogen (secondary N) is 1. The second kappa shape index (κ2) is 5.83. The molecule has 17 heavy (non-hydrogen) atoms. The molecule has 2 aliphatic heterocycles. The molecule has 2 heterocycles. The Morgan fingerprint density at radius 1 is 1.41 bits per heavy atom. The lowest BCUT2D eigenvalue weighted by Crippen LogP contribution is -2.44. The van der Waals surface area contributed by atoms with E-state index in [0.29, 0.717) is 6.04 Å². The van der Waals surface area contributed by atoms with Gasteiger partial charge < -0.3 is 15.0 Å². The fraction of sp³-hybridized carbons (Fsp3) is 0.923. The molecule has 2 saturated heterocycles. The average Bonchev–Trinajstić information content (AvgIpc) is 2.62. The first-order valence-corrected chi connectivity index (χ1v) is 6.83. The summed E-state index contributed by atoms with van der Waals surface area (Å²) < 4.78 is 5.69. The molecule has 0 bridgehead atoms. The molecular weight excluding hydrogens is 216 g/mol. The van der Waals surface area contributed by atoms with Crippen LogP contribution in [-0.4, -0.2) is 48.7 Å². The van der Waals surface area contributed by atoms with Crippen LogP contribution in [0.5, 0.6) is 0 Å². The minimum absolute atomic E-state index is 0.0265. The summed E-state index contributed by atoms with van der Waals surface area (Å²) in [6.07, 6.45) is 4.71. The molecule has 4 nitrogen and oxygen atoms in total.